The van der Waals surface area contributed by atoms with Gasteiger partial charge in [0.15, 0.2) is 0 Å². The van der Waals surface area contributed by atoms with E-state index in [9.17, 15) is 0 Å². The number of fused-ring (bicyclic) bond motifs is 1. The fourth-order valence-corrected chi connectivity index (χ4v) is 4.16. The van der Waals surface area contributed by atoms with Crippen molar-refractivity contribution >= 4 is 16.5 Å². The van der Waals surface area contributed by atoms with Gasteiger partial charge in [0, 0.05) is 5.69 Å². The van der Waals surface area contributed by atoms with Crippen LogP contribution in [0.2, 0.25) is 0 Å². The molecule has 2 rings (SSSR count). The highest BCUT2D eigenvalue weighted by Crippen LogP contribution is 2.31. The monoisotopic (exact) mass is 367 g/mol. The first-order valence-electron chi connectivity index (χ1n) is 11.6. The van der Waals surface area contributed by atoms with E-state index in [2.05, 4.69) is 44.2 Å². The summed E-state index contributed by atoms with van der Waals surface area (Å²) in [5.74, 6) is 0. The normalized spacial score (nSPS) is 11.3. The Kier molecular flexibility index (Phi) is 10.3. The highest BCUT2D eigenvalue weighted by Gasteiger charge is 2.10. The van der Waals surface area contributed by atoms with Gasteiger partial charge in [-0.15, -0.1) is 0 Å². The fraction of sp³-hybridized carbons (Fsp3) is 0.615. The molecule has 1 nitrogen and oxygen atoms in total. The zero-order valence-electron chi connectivity index (χ0n) is 17.9. The lowest BCUT2D eigenvalue weighted by Gasteiger charge is -2.15. The molecule has 0 amide bonds. The number of nitrogen functional groups attached to an aromatic ring is 1. The van der Waals surface area contributed by atoms with E-state index in [1.54, 1.807) is 0 Å². The summed E-state index contributed by atoms with van der Waals surface area (Å²) in [5, 5.41) is 2.74. The molecule has 0 atom stereocenters. The molecule has 2 N–H and O–H groups in total. The second-order valence-electron chi connectivity index (χ2n) is 8.18. The van der Waals surface area contributed by atoms with Crippen molar-refractivity contribution in [3.8, 4) is 0 Å². The smallest absolute Gasteiger partial charge is 0.0385 e. The molecule has 0 aliphatic heterocycles. The Hall–Kier alpha value is -1.50. The first-order chi connectivity index (χ1) is 13.3. The van der Waals surface area contributed by atoms with Crippen molar-refractivity contribution in [1.82, 2.24) is 0 Å². The van der Waals surface area contributed by atoms with Crippen molar-refractivity contribution in [1.29, 1.82) is 0 Å². The van der Waals surface area contributed by atoms with Crippen LogP contribution in [-0.2, 0) is 12.8 Å². The summed E-state index contributed by atoms with van der Waals surface area (Å²) in [4.78, 5) is 0. The number of benzene rings is 2. The maximum absolute atomic E-state index is 6.67. The lowest BCUT2D eigenvalue weighted by molar-refractivity contribution is 0.606. The van der Waals surface area contributed by atoms with Crippen LogP contribution in [0.15, 0.2) is 30.3 Å². The number of hydrogen-bond acceptors (Lipinski definition) is 1. The Morgan fingerprint density at radius 1 is 0.667 bits per heavy atom. The first-order valence-corrected chi connectivity index (χ1v) is 11.6. The highest BCUT2D eigenvalue weighted by molar-refractivity contribution is 5.91. The summed E-state index contributed by atoms with van der Waals surface area (Å²) in [5.41, 5.74) is 10.5. The Balaban J connectivity index is 1.99. The number of unbranched alkanes of at least 4 members (excludes halogenated alkanes) is 10. The van der Waals surface area contributed by atoms with E-state index < -0.39 is 0 Å². The number of rotatable bonds is 14. The molecule has 2 aromatic rings. The predicted octanol–water partition coefficient (Wildman–Crippen LogP) is 8.23. The summed E-state index contributed by atoms with van der Waals surface area (Å²) in [6, 6.07) is 11.2. The van der Waals surface area contributed by atoms with Gasteiger partial charge >= 0.3 is 0 Å². The second-order valence-corrected chi connectivity index (χ2v) is 8.18. The van der Waals surface area contributed by atoms with Crippen molar-refractivity contribution in [2.45, 2.75) is 104 Å². The quantitative estimate of drug-likeness (QED) is 0.264. The van der Waals surface area contributed by atoms with Crippen LogP contribution in [0.25, 0.3) is 10.8 Å². The van der Waals surface area contributed by atoms with Crippen molar-refractivity contribution in [3.63, 3.8) is 0 Å². The largest absolute Gasteiger partial charge is 0.398 e. The Morgan fingerprint density at radius 3 is 1.89 bits per heavy atom. The molecule has 0 heterocycles. The lowest BCUT2D eigenvalue weighted by atomic mass is 9.92. The molecule has 0 aromatic heterocycles. The molecule has 150 valence electrons. The van der Waals surface area contributed by atoms with Gasteiger partial charge in [-0.05, 0) is 53.6 Å². The minimum absolute atomic E-state index is 1.08. The van der Waals surface area contributed by atoms with Gasteiger partial charge in [-0.1, -0.05) is 102 Å². The van der Waals surface area contributed by atoms with Gasteiger partial charge in [0.25, 0.3) is 0 Å². The summed E-state index contributed by atoms with van der Waals surface area (Å²) >= 11 is 0. The third kappa shape index (κ3) is 7.20. The third-order valence-corrected chi connectivity index (χ3v) is 5.87. The lowest BCUT2D eigenvalue weighted by Crippen LogP contribution is -2.02. The van der Waals surface area contributed by atoms with Gasteiger partial charge in [0.05, 0.1) is 0 Å². The van der Waals surface area contributed by atoms with E-state index in [-0.39, 0.29) is 0 Å². The molecular formula is C26H41N. The SMILES string of the molecule is CCCCCCCCc1cc2ccccc2c(CCCCCCCC)c1N. The second kappa shape index (κ2) is 12.8. The first kappa shape index (κ1) is 21.8. The van der Waals surface area contributed by atoms with E-state index in [4.69, 9.17) is 5.73 Å². The summed E-state index contributed by atoms with van der Waals surface area (Å²) in [6.07, 6.45) is 18.3. The molecule has 2 aromatic carbocycles. The summed E-state index contributed by atoms with van der Waals surface area (Å²) in [7, 11) is 0. The molecule has 1 heteroatoms. The van der Waals surface area contributed by atoms with Crippen molar-refractivity contribution in [2.24, 2.45) is 0 Å². The van der Waals surface area contributed by atoms with Crippen molar-refractivity contribution in [2.75, 3.05) is 5.73 Å². The molecule has 0 aliphatic carbocycles. The Morgan fingerprint density at radius 2 is 1.22 bits per heavy atom. The fourth-order valence-electron chi connectivity index (χ4n) is 4.16. The van der Waals surface area contributed by atoms with Crippen LogP contribution in [-0.4, -0.2) is 0 Å². The molecule has 0 saturated carbocycles. The number of nitrogens with two attached hydrogens (primary N) is 1. The van der Waals surface area contributed by atoms with Crippen LogP contribution in [0, 0.1) is 0 Å². The molecule has 0 saturated heterocycles. The van der Waals surface area contributed by atoms with Gasteiger partial charge < -0.3 is 5.73 Å². The Labute approximate surface area is 167 Å². The molecule has 0 radical (unpaired) electrons. The maximum atomic E-state index is 6.67. The van der Waals surface area contributed by atoms with E-state index in [1.165, 1.54) is 98.9 Å². The topological polar surface area (TPSA) is 26.0 Å². The Bertz CT molecular complexity index is 659. The van der Waals surface area contributed by atoms with Crippen LogP contribution < -0.4 is 5.73 Å². The number of hydrogen-bond donors (Lipinski definition) is 1. The molecule has 27 heavy (non-hydrogen) atoms. The summed E-state index contributed by atoms with van der Waals surface area (Å²) < 4.78 is 0. The van der Waals surface area contributed by atoms with E-state index >= 15 is 0 Å². The highest BCUT2D eigenvalue weighted by atomic mass is 14.6. The minimum Gasteiger partial charge on any atom is -0.398 e. The molecule has 0 fully saturated rings. The van der Waals surface area contributed by atoms with Gasteiger partial charge in [-0.25, -0.2) is 0 Å². The van der Waals surface area contributed by atoms with Crippen LogP contribution in [0.1, 0.15) is 102 Å². The average Bonchev–Trinajstić information content (AvgIpc) is 2.69. The van der Waals surface area contributed by atoms with Crippen molar-refractivity contribution < 1.29 is 0 Å². The zero-order valence-corrected chi connectivity index (χ0v) is 17.9. The molecule has 0 aliphatic rings. The van der Waals surface area contributed by atoms with E-state index in [0.717, 1.165) is 18.5 Å². The van der Waals surface area contributed by atoms with Gasteiger partial charge in [0.1, 0.15) is 0 Å². The van der Waals surface area contributed by atoms with Crippen LogP contribution in [0.4, 0.5) is 5.69 Å². The van der Waals surface area contributed by atoms with Crippen LogP contribution >= 0.6 is 0 Å². The van der Waals surface area contributed by atoms with Gasteiger partial charge in [-0.3, -0.25) is 0 Å². The minimum atomic E-state index is 1.08. The van der Waals surface area contributed by atoms with Crippen LogP contribution in [0.3, 0.4) is 0 Å². The molecule has 0 spiro atoms. The molecule has 0 unspecified atom stereocenters. The number of anilines is 1. The summed E-state index contributed by atoms with van der Waals surface area (Å²) in [6.45, 7) is 4.56. The van der Waals surface area contributed by atoms with E-state index in [1.807, 2.05) is 0 Å². The average molecular weight is 368 g/mol. The number of aryl methyl sites for hydroxylation is 2. The predicted molar refractivity (Wildman–Crippen MR) is 123 cm³/mol. The standard InChI is InChI=1S/C26H41N/c1-3-5-7-9-11-13-18-23-21-22-17-15-16-19-24(22)25(26(23)27)20-14-12-10-8-6-4-2/h15-17,19,21H,3-14,18,20,27H2,1-2H3. The van der Waals surface area contributed by atoms with E-state index in [0.29, 0.717) is 0 Å². The maximum Gasteiger partial charge on any atom is 0.0385 e. The molecular weight excluding hydrogens is 326 g/mol. The van der Waals surface area contributed by atoms with Gasteiger partial charge in [0.2, 0.25) is 0 Å². The van der Waals surface area contributed by atoms with Crippen LogP contribution in [0.5, 0.6) is 0 Å². The third-order valence-electron chi connectivity index (χ3n) is 5.87. The van der Waals surface area contributed by atoms with Gasteiger partial charge in [-0.2, -0.15) is 0 Å². The molecule has 0 bridgehead atoms. The van der Waals surface area contributed by atoms with Crippen molar-refractivity contribution in [3.05, 3.63) is 41.5 Å². The zero-order chi connectivity index (χ0) is 19.3.